The van der Waals surface area contributed by atoms with Crippen LogP contribution in [0.2, 0.25) is 0 Å². The fourth-order valence-corrected chi connectivity index (χ4v) is 2.55. The van der Waals surface area contributed by atoms with Crippen molar-refractivity contribution >= 4 is 40.0 Å². The highest BCUT2D eigenvalue weighted by molar-refractivity contribution is 14.0. The number of rotatable bonds is 7. The highest BCUT2D eigenvalue weighted by atomic mass is 127. The Labute approximate surface area is 156 Å². The number of hydrogen-bond donors (Lipinski definition) is 3. The van der Waals surface area contributed by atoms with Gasteiger partial charge in [-0.3, -0.25) is 0 Å². The quantitative estimate of drug-likeness (QED) is 0.335. The first-order chi connectivity index (χ1) is 10.4. The van der Waals surface area contributed by atoms with E-state index in [0.29, 0.717) is 12.6 Å². The van der Waals surface area contributed by atoms with Crippen molar-refractivity contribution in [3.05, 3.63) is 29.8 Å². The summed E-state index contributed by atoms with van der Waals surface area (Å²) in [5, 5.41) is 6.48. The lowest BCUT2D eigenvalue weighted by Gasteiger charge is -2.16. The monoisotopic (exact) mass is 454 g/mol. The van der Waals surface area contributed by atoms with Crippen LogP contribution in [0.4, 0.5) is 0 Å². The van der Waals surface area contributed by atoms with Crippen LogP contribution in [0.1, 0.15) is 32.8 Å². The van der Waals surface area contributed by atoms with Crippen LogP contribution in [0.25, 0.3) is 0 Å². The molecule has 1 unspecified atom stereocenters. The van der Waals surface area contributed by atoms with Gasteiger partial charge in [0.1, 0.15) is 0 Å². The first kappa shape index (κ1) is 22.1. The summed E-state index contributed by atoms with van der Waals surface area (Å²) in [4.78, 5) is 4.75. The Bertz CT molecular complexity index is 605. The van der Waals surface area contributed by atoms with Crippen LogP contribution in [0.15, 0.2) is 34.2 Å². The molecule has 3 N–H and O–H groups in total. The van der Waals surface area contributed by atoms with Crippen LogP contribution in [-0.2, 0) is 16.6 Å². The van der Waals surface area contributed by atoms with Gasteiger partial charge in [-0.2, -0.15) is 0 Å². The van der Waals surface area contributed by atoms with Gasteiger partial charge < -0.3 is 10.6 Å². The van der Waals surface area contributed by atoms with E-state index in [4.69, 9.17) is 0 Å². The van der Waals surface area contributed by atoms with Crippen LogP contribution in [-0.4, -0.2) is 34.0 Å². The lowest BCUT2D eigenvalue weighted by atomic mass is 10.2. The van der Waals surface area contributed by atoms with Gasteiger partial charge in [0, 0.05) is 12.6 Å². The second-order valence-electron chi connectivity index (χ2n) is 5.00. The third kappa shape index (κ3) is 7.49. The molecule has 0 aromatic heterocycles. The fraction of sp³-hybridized carbons (Fsp3) is 0.533. The Morgan fingerprint density at radius 1 is 1.30 bits per heavy atom. The number of benzene rings is 1. The molecule has 1 aromatic carbocycles. The van der Waals surface area contributed by atoms with Gasteiger partial charge in [0.05, 0.1) is 11.4 Å². The summed E-state index contributed by atoms with van der Waals surface area (Å²) >= 11 is 0. The summed E-state index contributed by atoms with van der Waals surface area (Å²) < 4.78 is 25.9. The van der Waals surface area contributed by atoms with Crippen molar-refractivity contribution in [3.63, 3.8) is 0 Å². The highest BCUT2D eigenvalue weighted by Gasteiger charge is 2.11. The first-order valence-electron chi connectivity index (χ1n) is 7.50. The van der Waals surface area contributed by atoms with Gasteiger partial charge in [-0.05, 0) is 45.0 Å². The Hall–Kier alpha value is -0.870. The molecule has 0 radical (unpaired) electrons. The van der Waals surface area contributed by atoms with Gasteiger partial charge in [0.15, 0.2) is 5.96 Å². The Morgan fingerprint density at radius 3 is 2.57 bits per heavy atom. The average Bonchev–Trinajstić information content (AvgIpc) is 2.53. The van der Waals surface area contributed by atoms with Crippen molar-refractivity contribution in [2.45, 2.75) is 44.7 Å². The largest absolute Gasteiger partial charge is 0.357 e. The maximum Gasteiger partial charge on any atom is 0.240 e. The molecular formula is C15H27IN4O2S. The van der Waals surface area contributed by atoms with Gasteiger partial charge in [0.2, 0.25) is 10.0 Å². The minimum absolute atomic E-state index is 0. The molecule has 0 amide bonds. The summed E-state index contributed by atoms with van der Waals surface area (Å²) in [6, 6.07) is 7.13. The van der Waals surface area contributed by atoms with E-state index in [9.17, 15) is 8.42 Å². The van der Waals surface area contributed by atoms with Crippen LogP contribution < -0.4 is 15.4 Å². The molecule has 8 heteroatoms. The molecule has 23 heavy (non-hydrogen) atoms. The van der Waals surface area contributed by atoms with Crippen molar-refractivity contribution in [1.82, 2.24) is 15.4 Å². The summed E-state index contributed by atoms with van der Waals surface area (Å²) in [6.45, 7) is 7.39. The van der Waals surface area contributed by atoms with E-state index in [2.05, 4.69) is 34.2 Å². The van der Waals surface area contributed by atoms with Crippen LogP contribution in [0, 0.1) is 0 Å². The molecule has 0 saturated heterocycles. The topological polar surface area (TPSA) is 82.6 Å². The number of nitrogens with one attached hydrogen (secondary N) is 3. The van der Waals surface area contributed by atoms with Crippen molar-refractivity contribution < 1.29 is 8.42 Å². The number of hydrogen-bond acceptors (Lipinski definition) is 3. The molecule has 0 bridgehead atoms. The molecular weight excluding hydrogens is 427 g/mol. The van der Waals surface area contributed by atoms with E-state index in [1.165, 1.54) is 7.05 Å². The minimum Gasteiger partial charge on any atom is -0.357 e. The van der Waals surface area contributed by atoms with Crippen LogP contribution in [0.5, 0.6) is 0 Å². The van der Waals surface area contributed by atoms with E-state index in [0.717, 1.165) is 24.5 Å². The van der Waals surface area contributed by atoms with Crippen molar-refractivity contribution in [1.29, 1.82) is 0 Å². The fourth-order valence-electron chi connectivity index (χ4n) is 1.75. The summed E-state index contributed by atoms with van der Waals surface area (Å²) in [5.41, 5.74) is 0.845. The SMILES string of the molecule is CCNC(=NCc1cccc(S(=O)(=O)NC)c1)NC(C)CC.I. The van der Waals surface area contributed by atoms with Crippen LogP contribution >= 0.6 is 24.0 Å². The molecule has 0 fully saturated rings. The van der Waals surface area contributed by atoms with Gasteiger partial charge in [-0.15, -0.1) is 24.0 Å². The number of sulfonamides is 1. The molecule has 0 saturated carbocycles. The average molecular weight is 454 g/mol. The Morgan fingerprint density at radius 2 is 2.00 bits per heavy atom. The number of nitrogens with zero attached hydrogens (tertiary/aromatic N) is 1. The molecule has 0 heterocycles. The predicted molar refractivity (Wildman–Crippen MR) is 106 cm³/mol. The van der Waals surface area contributed by atoms with Crippen molar-refractivity contribution in [2.24, 2.45) is 4.99 Å². The lowest BCUT2D eigenvalue weighted by molar-refractivity contribution is 0.588. The van der Waals surface area contributed by atoms with Gasteiger partial charge in [-0.25, -0.2) is 18.1 Å². The van der Waals surface area contributed by atoms with Crippen LogP contribution in [0.3, 0.4) is 0 Å². The number of guanidine groups is 1. The lowest BCUT2D eigenvalue weighted by Crippen LogP contribution is -2.41. The maximum absolute atomic E-state index is 11.8. The van der Waals surface area contributed by atoms with E-state index in [1.54, 1.807) is 18.2 Å². The third-order valence-corrected chi connectivity index (χ3v) is 4.65. The maximum atomic E-state index is 11.8. The third-order valence-electron chi connectivity index (χ3n) is 3.24. The normalized spacial score (nSPS) is 13.1. The molecule has 1 aromatic rings. The highest BCUT2D eigenvalue weighted by Crippen LogP contribution is 2.11. The first-order valence-corrected chi connectivity index (χ1v) is 8.98. The molecule has 0 aliphatic carbocycles. The molecule has 1 atom stereocenters. The second kappa shape index (κ2) is 10.8. The Balaban J connectivity index is 0.00000484. The zero-order valence-electron chi connectivity index (χ0n) is 14.1. The zero-order chi connectivity index (χ0) is 16.6. The van der Waals surface area contributed by atoms with Gasteiger partial charge >= 0.3 is 0 Å². The molecule has 6 nitrogen and oxygen atoms in total. The Kier molecular flexibility index (Phi) is 10.4. The minimum atomic E-state index is -3.42. The van der Waals surface area contributed by atoms with E-state index in [1.807, 2.05) is 13.0 Å². The van der Waals surface area contributed by atoms with E-state index in [-0.39, 0.29) is 28.9 Å². The van der Waals surface area contributed by atoms with Crippen molar-refractivity contribution in [3.8, 4) is 0 Å². The predicted octanol–water partition coefficient (Wildman–Crippen LogP) is 2.07. The molecule has 132 valence electrons. The molecule has 0 aliphatic heterocycles. The molecule has 0 spiro atoms. The van der Waals surface area contributed by atoms with Gasteiger partial charge in [-0.1, -0.05) is 19.1 Å². The number of aliphatic imine (C=N–C) groups is 1. The summed E-state index contributed by atoms with van der Waals surface area (Å²) in [6.07, 6.45) is 1.00. The summed E-state index contributed by atoms with van der Waals surface area (Å²) in [7, 11) is -2.02. The van der Waals surface area contributed by atoms with E-state index < -0.39 is 10.0 Å². The van der Waals surface area contributed by atoms with Gasteiger partial charge in [0.25, 0.3) is 0 Å². The standard InChI is InChI=1S/C15H26N4O2S.HI/c1-5-12(3)19-15(17-6-2)18-11-13-8-7-9-14(10-13)22(20,21)16-4;/h7-10,12,16H,5-6,11H2,1-4H3,(H2,17,18,19);1H. The molecule has 0 aliphatic rings. The zero-order valence-corrected chi connectivity index (χ0v) is 17.2. The second-order valence-corrected chi connectivity index (χ2v) is 6.89. The smallest absolute Gasteiger partial charge is 0.240 e. The van der Waals surface area contributed by atoms with Crippen molar-refractivity contribution in [2.75, 3.05) is 13.6 Å². The van der Waals surface area contributed by atoms with E-state index >= 15 is 0 Å². The number of halogens is 1. The molecule has 1 rings (SSSR count). The summed E-state index contributed by atoms with van der Waals surface area (Å²) in [5.74, 6) is 0.735.